The smallest absolute Gasteiger partial charge is 0.240 e. The summed E-state index contributed by atoms with van der Waals surface area (Å²) < 4.78 is 5.51. The molecule has 1 saturated carbocycles. The average Bonchev–Trinajstić information content (AvgIpc) is 3.27. The van der Waals surface area contributed by atoms with E-state index in [4.69, 9.17) is 27.9 Å². The van der Waals surface area contributed by atoms with Gasteiger partial charge in [-0.25, -0.2) is 5.43 Å². The van der Waals surface area contributed by atoms with Crippen molar-refractivity contribution in [1.82, 2.24) is 5.43 Å². The molecular weight excluding hydrogens is 311 g/mol. The Kier molecular flexibility index (Phi) is 5.88. The topological polar surface area (TPSA) is 50.7 Å². The van der Waals surface area contributed by atoms with Gasteiger partial charge in [0, 0.05) is 17.2 Å². The van der Waals surface area contributed by atoms with Crippen LogP contribution in [0.1, 0.15) is 32.6 Å². The van der Waals surface area contributed by atoms with Crippen molar-refractivity contribution >= 4 is 34.8 Å². The summed E-state index contributed by atoms with van der Waals surface area (Å²) in [6, 6.07) is 5.05. The monoisotopic (exact) mass is 328 g/mol. The molecule has 0 aliphatic heterocycles. The fourth-order valence-corrected chi connectivity index (χ4v) is 2.27. The number of nitrogens with zero attached hydrogens (tertiary/aromatic N) is 1. The number of amides is 1. The molecule has 0 atom stereocenters. The van der Waals surface area contributed by atoms with Gasteiger partial charge in [0.25, 0.3) is 0 Å². The molecule has 1 N–H and O–H groups in total. The van der Waals surface area contributed by atoms with Crippen LogP contribution in [-0.4, -0.2) is 18.2 Å². The number of carbonyl (C=O) groups is 1. The fraction of sp³-hybridized carbons (Fsp3) is 0.467. The van der Waals surface area contributed by atoms with Gasteiger partial charge in [0.2, 0.25) is 5.91 Å². The summed E-state index contributed by atoms with van der Waals surface area (Å²) in [6.07, 6.45) is 3.33. The second kappa shape index (κ2) is 7.66. The Hall–Kier alpha value is -1.26. The summed E-state index contributed by atoms with van der Waals surface area (Å²) in [4.78, 5) is 11.6. The molecule has 0 heterocycles. The van der Waals surface area contributed by atoms with Crippen LogP contribution in [0, 0.1) is 5.92 Å². The summed E-state index contributed by atoms with van der Waals surface area (Å²) in [5.74, 6) is 1.05. The Labute approximate surface area is 134 Å². The molecule has 2 rings (SSSR count). The van der Waals surface area contributed by atoms with E-state index in [1.165, 1.54) is 12.8 Å². The average molecular weight is 329 g/mol. The molecule has 114 valence electrons. The fourth-order valence-electron chi connectivity index (χ4n) is 1.81. The van der Waals surface area contributed by atoms with Crippen molar-refractivity contribution in [2.75, 3.05) is 6.61 Å². The number of ether oxygens (including phenoxy) is 1. The van der Waals surface area contributed by atoms with Crippen molar-refractivity contribution in [3.63, 3.8) is 0 Å². The lowest BCUT2D eigenvalue weighted by Gasteiger charge is -2.07. The molecule has 1 fully saturated rings. The minimum absolute atomic E-state index is 0.0965. The van der Waals surface area contributed by atoms with Gasteiger partial charge in [-0.2, -0.15) is 5.10 Å². The summed E-state index contributed by atoms with van der Waals surface area (Å²) >= 11 is 11.8. The van der Waals surface area contributed by atoms with E-state index in [0.29, 0.717) is 41.2 Å². The molecule has 0 bridgehead atoms. The molecule has 0 spiro atoms. The third-order valence-electron chi connectivity index (χ3n) is 3.22. The first-order valence-electron chi connectivity index (χ1n) is 6.97. The minimum Gasteiger partial charge on any atom is -0.492 e. The Morgan fingerprint density at radius 2 is 2.19 bits per heavy atom. The maximum Gasteiger partial charge on any atom is 0.240 e. The van der Waals surface area contributed by atoms with Gasteiger partial charge in [0.05, 0.1) is 11.6 Å². The molecule has 1 aromatic carbocycles. The second-order valence-electron chi connectivity index (χ2n) is 5.09. The largest absolute Gasteiger partial charge is 0.492 e. The number of benzene rings is 1. The molecule has 0 radical (unpaired) electrons. The van der Waals surface area contributed by atoms with Crippen LogP contribution in [0.4, 0.5) is 0 Å². The van der Waals surface area contributed by atoms with Gasteiger partial charge < -0.3 is 4.74 Å². The number of hydrogen-bond acceptors (Lipinski definition) is 3. The maximum absolute atomic E-state index is 11.6. The van der Waals surface area contributed by atoms with Crippen LogP contribution in [0.2, 0.25) is 10.0 Å². The first-order valence-corrected chi connectivity index (χ1v) is 7.72. The van der Waals surface area contributed by atoms with Crippen molar-refractivity contribution in [3.05, 3.63) is 28.2 Å². The van der Waals surface area contributed by atoms with Crippen molar-refractivity contribution in [3.8, 4) is 5.75 Å². The molecule has 6 heteroatoms. The van der Waals surface area contributed by atoms with Gasteiger partial charge in [-0.15, -0.1) is 0 Å². The zero-order valence-electron chi connectivity index (χ0n) is 11.9. The zero-order chi connectivity index (χ0) is 15.2. The van der Waals surface area contributed by atoms with Crippen molar-refractivity contribution in [2.24, 2.45) is 11.0 Å². The number of rotatable bonds is 7. The van der Waals surface area contributed by atoms with E-state index in [2.05, 4.69) is 10.5 Å². The van der Waals surface area contributed by atoms with Crippen LogP contribution in [0.5, 0.6) is 5.75 Å². The number of hydrogen-bond donors (Lipinski definition) is 1. The van der Waals surface area contributed by atoms with Crippen LogP contribution in [-0.2, 0) is 4.79 Å². The molecular formula is C15H18Cl2N2O2. The second-order valence-corrected chi connectivity index (χ2v) is 5.93. The maximum atomic E-state index is 11.6. The van der Waals surface area contributed by atoms with E-state index >= 15 is 0 Å². The Bertz CT molecular complexity index is 542. The SMILES string of the molecule is C/C(=N\NC(=O)CCCOc1ccc(Cl)cc1Cl)C1CC1. The van der Waals surface area contributed by atoms with Crippen molar-refractivity contribution in [2.45, 2.75) is 32.6 Å². The number of nitrogens with one attached hydrogen (secondary N) is 1. The van der Waals surface area contributed by atoms with Gasteiger partial charge in [-0.1, -0.05) is 23.2 Å². The molecule has 4 nitrogen and oxygen atoms in total. The molecule has 1 aliphatic rings. The molecule has 0 aromatic heterocycles. The van der Waals surface area contributed by atoms with E-state index in [1.54, 1.807) is 18.2 Å². The first kappa shape index (κ1) is 16.1. The molecule has 1 aliphatic carbocycles. The van der Waals surface area contributed by atoms with Gasteiger partial charge >= 0.3 is 0 Å². The number of hydrazone groups is 1. The van der Waals surface area contributed by atoms with Gasteiger partial charge in [-0.3, -0.25) is 4.79 Å². The Morgan fingerprint density at radius 1 is 1.43 bits per heavy atom. The van der Waals surface area contributed by atoms with Crippen LogP contribution >= 0.6 is 23.2 Å². The normalized spacial score (nSPS) is 14.9. The van der Waals surface area contributed by atoms with Crippen LogP contribution in [0.25, 0.3) is 0 Å². The lowest BCUT2D eigenvalue weighted by atomic mass is 10.3. The number of carbonyl (C=O) groups excluding carboxylic acids is 1. The van der Waals surface area contributed by atoms with E-state index in [9.17, 15) is 4.79 Å². The van der Waals surface area contributed by atoms with Gasteiger partial charge in [0.15, 0.2) is 0 Å². The molecule has 21 heavy (non-hydrogen) atoms. The van der Waals surface area contributed by atoms with E-state index in [0.717, 1.165) is 5.71 Å². The molecule has 0 saturated heterocycles. The minimum atomic E-state index is -0.0965. The zero-order valence-corrected chi connectivity index (χ0v) is 13.4. The molecule has 1 aromatic rings. The van der Waals surface area contributed by atoms with E-state index in [-0.39, 0.29) is 5.91 Å². The number of halogens is 2. The van der Waals surface area contributed by atoms with Crippen molar-refractivity contribution < 1.29 is 9.53 Å². The Morgan fingerprint density at radius 3 is 2.86 bits per heavy atom. The quantitative estimate of drug-likeness (QED) is 0.466. The summed E-state index contributed by atoms with van der Waals surface area (Å²) in [7, 11) is 0. The molecule has 1 amide bonds. The summed E-state index contributed by atoms with van der Waals surface area (Å²) in [6.45, 7) is 2.36. The van der Waals surface area contributed by atoms with Crippen molar-refractivity contribution in [1.29, 1.82) is 0 Å². The van der Waals surface area contributed by atoms with Crippen LogP contribution in [0.3, 0.4) is 0 Å². The third kappa shape index (κ3) is 5.56. The first-order chi connectivity index (χ1) is 10.1. The summed E-state index contributed by atoms with van der Waals surface area (Å²) in [5, 5.41) is 5.12. The molecule has 0 unspecified atom stereocenters. The lowest BCUT2D eigenvalue weighted by Crippen LogP contribution is -2.19. The van der Waals surface area contributed by atoms with E-state index in [1.807, 2.05) is 6.92 Å². The highest BCUT2D eigenvalue weighted by atomic mass is 35.5. The highest BCUT2D eigenvalue weighted by Gasteiger charge is 2.24. The third-order valence-corrected chi connectivity index (χ3v) is 3.76. The Balaban J connectivity index is 1.64. The highest BCUT2D eigenvalue weighted by Crippen LogP contribution is 2.30. The predicted octanol–water partition coefficient (Wildman–Crippen LogP) is 4.05. The standard InChI is InChI=1S/C15H18Cl2N2O2/c1-10(11-4-5-11)18-19-15(20)3-2-8-21-14-7-6-12(16)9-13(14)17/h6-7,9,11H,2-5,8H2,1H3,(H,19,20)/b18-10+. The highest BCUT2D eigenvalue weighted by molar-refractivity contribution is 6.35. The van der Waals surface area contributed by atoms with Crippen LogP contribution in [0.15, 0.2) is 23.3 Å². The van der Waals surface area contributed by atoms with Crippen LogP contribution < -0.4 is 10.2 Å². The summed E-state index contributed by atoms with van der Waals surface area (Å²) in [5.41, 5.74) is 3.58. The van der Waals surface area contributed by atoms with Gasteiger partial charge in [-0.05, 0) is 50.3 Å². The predicted molar refractivity (Wildman–Crippen MR) is 85.2 cm³/mol. The van der Waals surface area contributed by atoms with E-state index < -0.39 is 0 Å². The lowest BCUT2D eigenvalue weighted by molar-refractivity contribution is -0.121. The van der Waals surface area contributed by atoms with Gasteiger partial charge in [0.1, 0.15) is 5.75 Å².